The average Bonchev–Trinajstić information content (AvgIpc) is 2.96. The average molecular weight is 412 g/mol. The van der Waals surface area contributed by atoms with E-state index in [1.165, 1.54) is 18.4 Å². The molecule has 0 saturated carbocycles. The molecule has 1 aliphatic rings. The summed E-state index contributed by atoms with van der Waals surface area (Å²) in [5.41, 5.74) is 0. The Bertz CT molecular complexity index is 487. The summed E-state index contributed by atoms with van der Waals surface area (Å²) in [5.74, 6) is -0.00874. The Morgan fingerprint density at radius 2 is 2.26 bits per heavy atom. The third kappa shape index (κ3) is 3.49. The summed E-state index contributed by atoms with van der Waals surface area (Å²) in [6, 6.07) is 1.77. The minimum absolute atomic E-state index is 0.00874. The van der Waals surface area contributed by atoms with Gasteiger partial charge in [-0.2, -0.15) is 0 Å². The number of rotatable bonds is 2. The van der Waals surface area contributed by atoms with Gasteiger partial charge in [-0.25, -0.2) is 4.79 Å². The van der Waals surface area contributed by atoms with Gasteiger partial charge in [0.05, 0.1) is 21.8 Å². The number of carbonyl (C=O) groups excluding carboxylic acids is 2. The van der Waals surface area contributed by atoms with Crippen molar-refractivity contribution in [2.24, 2.45) is 0 Å². The summed E-state index contributed by atoms with van der Waals surface area (Å²) in [6.07, 6.45) is 0.287. The minimum atomic E-state index is -0.457. The van der Waals surface area contributed by atoms with E-state index in [0.717, 1.165) is 14.7 Å². The molecule has 2 rings (SSSR count). The molecule has 1 aliphatic heterocycles. The lowest BCUT2D eigenvalue weighted by atomic mass is 10.3. The van der Waals surface area contributed by atoms with Crippen molar-refractivity contribution in [2.45, 2.75) is 12.5 Å². The molecule has 1 aromatic rings. The number of thiophene rings is 1. The van der Waals surface area contributed by atoms with Gasteiger partial charge < -0.3 is 15.0 Å². The number of likely N-dealkylation sites (tertiary alicyclic amines) is 1. The third-order valence-electron chi connectivity index (χ3n) is 2.84. The first kappa shape index (κ1) is 14.8. The lowest BCUT2D eigenvalue weighted by Crippen LogP contribution is -2.38. The number of alkyl carbamates (subject to hydrolysis) is 1. The number of hydrogen-bond acceptors (Lipinski definition) is 4. The van der Waals surface area contributed by atoms with E-state index in [1.54, 1.807) is 11.0 Å². The van der Waals surface area contributed by atoms with Gasteiger partial charge in [0.25, 0.3) is 5.91 Å². The van der Waals surface area contributed by atoms with E-state index in [2.05, 4.69) is 41.9 Å². The molecule has 0 aromatic carbocycles. The van der Waals surface area contributed by atoms with Crippen LogP contribution < -0.4 is 5.32 Å². The van der Waals surface area contributed by atoms with E-state index < -0.39 is 6.09 Å². The zero-order valence-corrected chi connectivity index (χ0v) is 14.1. The van der Waals surface area contributed by atoms with E-state index in [9.17, 15) is 9.59 Å². The molecule has 2 amide bonds. The summed E-state index contributed by atoms with van der Waals surface area (Å²) in [7, 11) is 1.33. The molecular formula is C11H12Br2N2O3S. The highest BCUT2D eigenvalue weighted by Gasteiger charge is 2.29. The molecule has 8 heteroatoms. The van der Waals surface area contributed by atoms with Gasteiger partial charge in [0.1, 0.15) is 0 Å². The molecule has 0 bridgehead atoms. The fraction of sp³-hybridized carbons (Fsp3) is 0.455. The van der Waals surface area contributed by atoms with Gasteiger partial charge in [-0.05, 0) is 44.3 Å². The minimum Gasteiger partial charge on any atom is -0.453 e. The van der Waals surface area contributed by atoms with Crippen molar-refractivity contribution in [3.63, 3.8) is 0 Å². The fourth-order valence-corrected chi connectivity index (χ4v) is 3.90. The number of carbonyl (C=O) groups is 2. The topological polar surface area (TPSA) is 58.6 Å². The molecule has 5 nitrogen and oxygen atoms in total. The normalized spacial score (nSPS) is 18.5. The van der Waals surface area contributed by atoms with Crippen LogP contribution in [0.25, 0.3) is 0 Å². The Morgan fingerprint density at radius 3 is 2.84 bits per heavy atom. The van der Waals surface area contributed by atoms with Gasteiger partial charge in [-0.15, -0.1) is 11.3 Å². The van der Waals surface area contributed by atoms with Crippen LogP contribution in [0.2, 0.25) is 0 Å². The second kappa shape index (κ2) is 6.23. The van der Waals surface area contributed by atoms with Crippen LogP contribution >= 0.6 is 43.2 Å². The first-order valence-corrected chi connectivity index (χ1v) is 8.00. The summed E-state index contributed by atoms with van der Waals surface area (Å²) < 4.78 is 6.33. The van der Waals surface area contributed by atoms with Crippen LogP contribution in [0.15, 0.2) is 14.3 Å². The highest BCUT2D eigenvalue weighted by Crippen LogP contribution is 2.33. The van der Waals surface area contributed by atoms with Crippen LogP contribution in [0.3, 0.4) is 0 Å². The van der Waals surface area contributed by atoms with Gasteiger partial charge in [0.2, 0.25) is 0 Å². The van der Waals surface area contributed by atoms with Crippen LogP contribution in [-0.2, 0) is 4.74 Å². The van der Waals surface area contributed by atoms with Crippen LogP contribution in [0.4, 0.5) is 4.79 Å². The van der Waals surface area contributed by atoms with Crippen molar-refractivity contribution in [1.82, 2.24) is 10.2 Å². The second-order valence-electron chi connectivity index (χ2n) is 4.10. The predicted octanol–water partition coefficient (Wildman–Crippen LogP) is 2.84. The lowest BCUT2D eigenvalue weighted by molar-refractivity contribution is 0.0793. The molecule has 1 unspecified atom stereocenters. The highest BCUT2D eigenvalue weighted by molar-refractivity contribution is 9.13. The van der Waals surface area contributed by atoms with Crippen LogP contribution in [0.5, 0.6) is 0 Å². The van der Waals surface area contributed by atoms with Crippen molar-refractivity contribution in [1.29, 1.82) is 0 Å². The van der Waals surface area contributed by atoms with Crippen LogP contribution in [0.1, 0.15) is 16.1 Å². The van der Waals surface area contributed by atoms with Crippen molar-refractivity contribution < 1.29 is 14.3 Å². The maximum absolute atomic E-state index is 12.3. The molecule has 1 N–H and O–H groups in total. The highest BCUT2D eigenvalue weighted by atomic mass is 79.9. The van der Waals surface area contributed by atoms with Gasteiger partial charge in [0.15, 0.2) is 0 Å². The van der Waals surface area contributed by atoms with Gasteiger partial charge in [0, 0.05) is 17.6 Å². The van der Waals surface area contributed by atoms with Gasteiger partial charge >= 0.3 is 6.09 Å². The molecule has 1 saturated heterocycles. The summed E-state index contributed by atoms with van der Waals surface area (Å²) in [4.78, 5) is 25.8. The zero-order chi connectivity index (χ0) is 14.0. The fourth-order valence-electron chi connectivity index (χ4n) is 1.90. The number of amides is 2. The van der Waals surface area contributed by atoms with E-state index in [4.69, 9.17) is 0 Å². The summed E-state index contributed by atoms with van der Waals surface area (Å²) in [6.45, 7) is 1.15. The Balaban J connectivity index is 1.97. The molecule has 2 heterocycles. The number of nitrogens with zero attached hydrogens (tertiary/aromatic N) is 1. The number of methoxy groups -OCH3 is 1. The Hall–Kier alpha value is -0.600. The molecule has 104 valence electrons. The number of nitrogens with one attached hydrogen (secondary N) is 1. The van der Waals surface area contributed by atoms with Crippen molar-refractivity contribution in [3.8, 4) is 0 Å². The maximum Gasteiger partial charge on any atom is 0.407 e. The molecule has 1 atom stereocenters. The van der Waals surface area contributed by atoms with Crippen molar-refractivity contribution >= 4 is 55.2 Å². The van der Waals surface area contributed by atoms with Crippen molar-refractivity contribution in [2.75, 3.05) is 20.2 Å². The summed E-state index contributed by atoms with van der Waals surface area (Å²) in [5, 5.41) is 2.71. The quantitative estimate of drug-likeness (QED) is 0.813. The SMILES string of the molecule is COC(=O)NC1CCN(C(=O)c2cc(Br)c(Br)s2)C1. The number of hydrogen-bond donors (Lipinski definition) is 1. The zero-order valence-electron chi connectivity index (χ0n) is 10.1. The van der Waals surface area contributed by atoms with Gasteiger partial charge in [-0.3, -0.25) is 4.79 Å². The first-order chi connectivity index (χ1) is 9.01. The van der Waals surface area contributed by atoms with Crippen LogP contribution in [-0.4, -0.2) is 43.1 Å². The molecule has 0 radical (unpaired) electrons. The molecule has 1 aromatic heterocycles. The van der Waals surface area contributed by atoms with E-state index in [-0.39, 0.29) is 11.9 Å². The maximum atomic E-state index is 12.3. The Kier molecular flexibility index (Phi) is 4.86. The standard InChI is InChI=1S/C11H12Br2N2O3S/c1-18-11(17)14-6-2-3-15(5-6)10(16)8-4-7(12)9(13)19-8/h4,6H,2-3,5H2,1H3,(H,14,17). The lowest BCUT2D eigenvalue weighted by Gasteiger charge is -2.15. The smallest absolute Gasteiger partial charge is 0.407 e. The monoisotopic (exact) mass is 410 g/mol. The Morgan fingerprint density at radius 1 is 1.53 bits per heavy atom. The predicted molar refractivity (Wildman–Crippen MR) is 79.6 cm³/mol. The molecule has 0 spiro atoms. The third-order valence-corrected chi connectivity index (χ3v) is 6.08. The van der Waals surface area contributed by atoms with Crippen LogP contribution in [0, 0.1) is 0 Å². The second-order valence-corrected chi connectivity index (χ2v) is 7.33. The molecule has 0 aliphatic carbocycles. The molecular weight excluding hydrogens is 400 g/mol. The number of halogens is 2. The van der Waals surface area contributed by atoms with E-state index in [1.807, 2.05) is 0 Å². The largest absolute Gasteiger partial charge is 0.453 e. The summed E-state index contributed by atoms with van der Waals surface area (Å²) >= 11 is 8.14. The molecule has 19 heavy (non-hydrogen) atoms. The first-order valence-electron chi connectivity index (χ1n) is 5.60. The van der Waals surface area contributed by atoms with Gasteiger partial charge in [-0.1, -0.05) is 0 Å². The van der Waals surface area contributed by atoms with Crippen molar-refractivity contribution in [3.05, 3.63) is 19.2 Å². The molecule has 1 fully saturated rings. The van der Waals surface area contributed by atoms with E-state index >= 15 is 0 Å². The Labute approximate surface area is 131 Å². The number of ether oxygens (including phenoxy) is 1. The van der Waals surface area contributed by atoms with E-state index in [0.29, 0.717) is 18.0 Å².